The minimum absolute atomic E-state index is 0.0572. The van der Waals surface area contributed by atoms with Gasteiger partial charge >= 0.3 is 6.09 Å². The van der Waals surface area contributed by atoms with Crippen LogP contribution in [0.25, 0.3) is 0 Å². The van der Waals surface area contributed by atoms with Gasteiger partial charge in [-0.3, -0.25) is 9.69 Å². The molecule has 1 N–H and O–H groups in total. The predicted octanol–water partition coefficient (Wildman–Crippen LogP) is 6.45. The lowest BCUT2D eigenvalue weighted by Gasteiger charge is -2.31. The number of hydrogen-bond donors (Lipinski definition) is 1. The van der Waals surface area contributed by atoms with Gasteiger partial charge in [0.15, 0.2) is 11.9 Å². The van der Waals surface area contributed by atoms with Crippen molar-refractivity contribution >= 4 is 58.3 Å². The van der Waals surface area contributed by atoms with E-state index < -0.39 is 5.60 Å². The highest BCUT2D eigenvalue weighted by Crippen LogP contribution is 2.39. The van der Waals surface area contributed by atoms with Crippen molar-refractivity contribution in [3.05, 3.63) is 68.8 Å². The molecule has 41 heavy (non-hydrogen) atoms. The second-order valence-electron chi connectivity index (χ2n) is 10.8. The van der Waals surface area contributed by atoms with E-state index >= 15 is 0 Å². The largest absolute Gasteiger partial charge is 0.455 e. The van der Waals surface area contributed by atoms with Gasteiger partial charge in [0, 0.05) is 31.5 Å². The van der Waals surface area contributed by atoms with Crippen LogP contribution >= 0.6 is 35.0 Å². The highest BCUT2D eigenvalue weighted by molar-refractivity contribution is 7.98. The molecular formula is C29H31Cl2N5O4S. The zero-order chi connectivity index (χ0) is 29.3. The van der Waals surface area contributed by atoms with Crippen molar-refractivity contribution in [3.8, 4) is 5.88 Å². The van der Waals surface area contributed by atoms with Crippen molar-refractivity contribution in [1.29, 1.82) is 0 Å². The molecule has 0 fully saturated rings. The molecule has 216 valence electrons. The average molecular weight is 617 g/mol. The van der Waals surface area contributed by atoms with Crippen LogP contribution in [0.3, 0.4) is 0 Å². The van der Waals surface area contributed by atoms with Crippen molar-refractivity contribution in [2.24, 2.45) is 0 Å². The fourth-order valence-corrected chi connectivity index (χ4v) is 5.71. The van der Waals surface area contributed by atoms with Crippen LogP contribution < -0.4 is 15.0 Å². The van der Waals surface area contributed by atoms with Crippen molar-refractivity contribution < 1.29 is 19.1 Å². The summed E-state index contributed by atoms with van der Waals surface area (Å²) in [4.78, 5) is 37.4. The number of thioether (sulfide) groups is 1. The molecule has 0 atom stereocenters. The van der Waals surface area contributed by atoms with Gasteiger partial charge in [-0.15, -0.1) is 0 Å². The standard InChI is InChI=1S/C29H31Cl2N5O4S/c1-29(2,3)40-28(38)35-12-10-18-13-20(7-5-19(18)15-35)32-11-9-17-6-8-22(30)24(23(17)31)36-16-39-25-21(26(36)37)14-33-27(34-25)41-4/h5-8,13-14,32H,9-12,15-16H2,1-4H3. The third-order valence-electron chi connectivity index (χ3n) is 6.73. The number of carbonyl (C=O) groups excluding carboxylic acids is 2. The van der Waals surface area contributed by atoms with Gasteiger partial charge in [0.05, 0.1) is 15.7 Å². The Morgan fingerprint density at radius 1 is 1.20 bits per heavy atom. The minimum Gasteiger partial charge on any atom is -0.455 e. The van der Waals surface area contributed by atoms with Crippen molar-refractivity contribution in [2.45, 2.75) is 50.9 Å². The van der Waals surface area contributed by atoms with E-state index in [1.165, 1.54) is 28.4 Å². The molecule has 2 aliphatic heterocycles. The maximum atomic E-state index is 13.3. The Hall–Kier alpha value is -3.21. The fraction of sp³-hybridized carbons (Fsp3) is 0.379. The topological polar surface area (TPSA) is 96.9 Å². The molecule has 3 heterocycles. The van der Waals surface area contributed by atoms with Crippen LogP contribution in [0, 0.1) is 0 Å². The first-order chi connectivity index (χ1) is 19.5. The first-order valence-corrected chi connectivity index (χ1v) is 15.2. The summed E-state index contributed by atoms with van der Waals surface area (Å²) in [5.41, 5.74) is 4.29. The van der Waals surface area contributed by atoms with Crippen LogP contribution in [0.2, 0.25) is 10.0 Å². The molecule has 5 rings (SSSR count). The summed E-state index contributed by atoms with van der Waals surface area (Å²) >= 11 is 14.7. The molecule has 0 spiro atoms. The highest BCUT2D eigenvalue weighted by atomic mass is 35.5. The monoisotopic (exact) mass is 615 g/mol. The molecule has 12 heteroatoms. The Kier molecular flexibility index (Phi) is 8.54. The Bertz CT molecular complexity index is 1500. The summed E-state index contributed by atoms with van der Waals surface area (Å²) in [6.07, 6.45) is 4.39. The third-order valence-corrected chi connectivity index (χ3v) is 8.02. The van der Waals surface area contributed by atoms with E-state index in [4.69, 9.17) is 32.7 Å². The highest BCUT2D eigenvalue weighted by Gasteiger charge is 2.32. The smallest absolute Gasteiger partial charge is 0.410 e. The normalized spacial score (nSPS) is 14.7. The van der Waals surface area contributed by atoms with Crippen LogP contribution in [-0.4, -0.2) is 58.5 Å². The first kappa shape index (κ1) is 29.3. The number of amides is 2. The number of carbonyl (C=O) groups is 2. The number of benzene rings is 2. The number of nitrogens with one attached hydrogen (secondary N) is 1. The quantitative estimate of drug-likeness (QED) is 0.249. The van der Waals surface area contributed by atoms with Crippen LogP contribution in [0.15, 0.2) is 41.7 Å². The van der Waals surface area contributed by atoms with Crippen LogP contribution in [0.5, 0.6) is 5.88 Å². The van der Waals surface area contributed by atoms with Gasteiger partial charge in [-0.2, -0.15) is 4.98 Å². The maximum absolute atomic E-state index is 13.3. The van der Waals surface area contributed by atoms with Crippen LogP contribution in [0.4, 0.5) is 16.2 Å². The molecule has 9 nitrogen and oxygen atoms in total. The number of hydrogen-bond acceptors (Lipinski definition) is 8. The first-order valence-electron chi connectivity index (χ1n) is 13.2. The Morgan fingerprint density at radius 2 is 2.00 bits per heavy atom. The van der Waals surface area contributed by atoms with Crippen molar-refractivity contribution in [3.63, 3.8) is 0 Å². The Morgan fingerprint density at radius 3 is 2.76 bits per heavy atom. The zero-order valence-corrected chi connectivity index (χ0v) is 25.6. The van der Waals surface area contributed by atoms with Gasteiger partial charge in [-0.25, -0.2) is 9.78 Å². The minimum atomic E-state index is -0.519. The average Bonchev–Trinajstić information content (AvgIpc) is 2.94. The van der Waals surface area contributed by atoms with E-state index in [0.29, 0.717) is 46.9 Å². The number of aromatic nitrogens is 2. The molecule has 2 amide bonds. The van der Waals surface area contributed by atoms with Crippen molar-refractivity contribution in [2.75, 3.05) is 36.3 Å². The third kappa shape index (κ3) is 6.50. The van der Waals surface area contributed by atoms with Crippen molar-refractivity contribution in [1.82, 2.24) is 14.9 Å². The summed E-state index contributed by atoms with van der Waals surface area (Å²) < 4.78 is 11.3. The van der Waals surface area contributed by atoms with Crippen LogP contribution in [0.1, 0.15) is 47.8 Å². The summed E-state index contributed by atoms with van der Waals surface area (Å²) in [5, 5.41) is 4.73. The predicted molar refractivity (Wildman–Crippen MR) is 162 cm³/mol. The van der Waals surface area contributed by atoms with Crippen LogP contribution in [-0.2, 0) is 24.1 Å². The second-order valence-corrected chi connectivity index (χ2v) is 12.3. The lowest BCUT2D eigenvalue weighted by atomic mass is 9.99. The maximum Gasteiger partial charge on any atom is 0.410 e. The molecule has 0 saturated heterocycles. The van der Waals surface area contributed by atoms with Gasteiger partial charge in [-0.05, 0) is 74.8 Å². The number of nitrogens with zero attached hydrogens (tertiary/aromatic N) is 4. The molecular weight excluding hydrogens is 585 g/mol. The van der Waals surface area contributed by atoms with E-state index in [2.05, 4.69) is 21.4 Å². The lowest BCUT2D eigenvalue weighted by Crippen LogP contribution is -2.39. The molecule has 2 aliphatic rings. The molecule has 0 aliphatic carbocycles. The number of fused-ring (bicyclic) bond motifs is 2. The van der Waals surface area contributed by atoms with Gasteiger partial charge in [0.25, 0.3) is 5.91 Å². The summed E-state index contributed by atoms with van der Waals surface area (Å²) in [7, 11) is 0. The Balaban J connectivity index is 1.24. The van der Waals surface area contributed by atoms with Gasteiger partial charge < -0.3 is 19.7 Å². The van der Waals surface area contributed by atoms with Gasteiger partial charge in [0.1, 0.15) is 11.2 Å². The number of rotatable bonds is 6. The number of anilines is 2. The summed E-state index contributed by atoms with van der Waals surface area (Å²) in [6, 6.07) is 9.79. The van der Waals surface area contributed by atoms with E-state index in [-0.39, 0.29) is 30.2 Å². The number of halogens is 2. The van der Waals surface area contributed by atoms with E-state index in [1.807, 2.05) is 45.2 Å². The Labute approximate surface area is 253 Å². The molecule has 3 aromatic rings. The van der Waals surface area contributed by atoms with Gasteiger partial charge in [-0.1, -0.05) is 47.1 Å². The molecule has 1 aromatic heterocycles. The molecule has 0 radical (unpaired) electrons. The second kappa shape index (κ2) is 12.0. The molecule has 0 bridgehead atoms. The zero-order valence-electron chi connectivity index (χ0n) is 23.3. The lowest BCUT2D eigenvalue weighted by molar-refractivity contribution is 0.0224. The van der Waals surface area contributed by atoms with E-state index in [1.54, 1.807) is 11.0 Å². The van der Waals surface area contributed by atoms with E-state index in [0.717, 1.165) is 23.2 Å². The van der Waals surface area contributed by atoms with E-state index in [9.17, 15) is 9.59 Å². The molecule has 0 saturated carbocycles. The molecule has 2 aromatic carbocycles. The fourth-order valence-electron chi connectivity index (χ4n) is 4.71. The molecule has 0 unspecified atom stereocenters. The van der Waals surface area contributed by atoms with Gasteiger partial charge in [0.2, 0.25) is 5.88 Å². The summed E-state index contributed by atoms with van der Waals surface area (Å²) in [5.74, 6) is -0.0712. The SMILES string of the molecule is CSc1ncc2c(n1)OCN(c1c(Cl)ccc(CCNc3ccc4c(c3)CCN(C(=O)OC(C)(C)C)C4)c1Cl)C2=O. The number of ether oxygens (including phenoxy) is 2. The summed E-state index contributed by atoms with van der Waals surface area (Å²) in [6.45, 7) is 7.31.